The van der Waals surface area contributed by atoms with Crippen molar-refractivity contribution < 1.29 is 14.4 Å². The molecule has 1 heterocycles. The molecule has 1 aromatic heterocycles. The standard InChI is InChI=1S/C19H26N6O3/c1-19(2,21)18(28)25-15(8-12-6-4-3-5-7-12)17(27)24-14(16(20)26)9-13-10-22-11-23-13/h3-7,10-11,14-15H,8-9,21H2,1-2H3,(H2,20,26)(H,22,23)(H,24,27)(H,25,28)/t14-,15-/m0/s1. The molecule has 9 nitrogen and oxygen atoms in total. The summed E-state index contributed by atoms with van der Waals surface area (Å²) in [6.07, 6.45) is 3.46. The summed E-state index contributed by atoms with van der Waals surface area (Å²) in [6, 6.07) is 7.33. The van der Waals surface area contributed by atoms with Crippen LogP contribution in [0.4, 0.5) is 0 Å². The fraction of sp³-hybridized carbons (Fsp3) is 0.368. The number of imidazole rings is 1. The van der Waals surface area contributed by atoms with E-state index < -0.39 is 35.3 Å². The minimum absolute atomic E-state index is 0.138. The minimum Gasteiger partial charge on any atom is -0.368 e. The Morgan fingerprint density at radius 3 is 2.32 bits per heavy atom. The summed E-state index contributed by atoms with van der Waals surface area (Å²) < 4.78 is 0. The number of carbonyl (C=O) groups is 3. The van der Waals surface area contributed by atoms with E-state index in [-0.39, 0.29) is 12.8 Å². The Labute approximate surface area is 163 Å². The lowest BCUT2D eigenvalue weighted by Crippen LogP contribution is -2.58. The van der Waals surface area contributed by atoms with Crippen molar-refractivity contribution in [2.75, 3.05) is 0 Å². The monoisotopic (exact) mass is 386 g/mol. The van der Waals surface area contributed by atoms with Gasteiger partial charge >= 0.3 is 0 Å². The topological polar surface area (TPSA) is 156 Å². The van der Waals surface area contributed by atoms with Gasteiger partial charge in [-0.1, -0.05) is 30.3 Å². The van der Waals surface area contributed by atoms with E-state index in [0.717, 1.165) is 5.56 Å². The zero-order valence-electron chi connectivity index (χ0n) is 15.9. The first kappa shape index (κ1) is 21.1. The highest BCUT2D eigenvalue weighted by Crippen LogP contribution is 2.07. The SMILES string of the molecule is CC(C)(N)C(=O)N[C@@H](Cc1ccccc1)C(=O)N[C@@H](Cc1c[nH]cn1)C(N)=O. The Kier molecular flexibility index (Phi) is 6.89. The van der Waals surface area contributed by atoms with E-state index >= 15 is 0 Å². The first-order valence-corrected chi connectivity index (χ1v) is 8.88. The molecule has 3 amide bonds. The van der Waals surface area contributed by atoms with Crippen molar-refractivity contribution in [2.45, 2.75) is 44.3 Å². The Bertz CT molecular complexity index is 799. The van der Waals surface area contributed by atoms with Gasteiger partial charge in [0, 0.05) is 19.0 Å². The molecule has 0 bridgehead atoms. The minimum atomic E-state index is -1.16. The van der Waals surface area contributed by atoms with Gasteiger partial charge in [-0.15, -0.1) is 0 Å². The molecule has 0 saturated heterocycles. The molecule has 0 saturated carbocycles. The van der Waals surface area contributed by atoms with Gasteiger partial charge in [0.25, 0.3) is 0 Å². The number of primary amides is 1. The number of aromatic amines is 1. The molecule has 1 aromatic carbocycles. The van der Waals surface area contributed by atoms with E-state index in [1.54, 1.807) is 20.0 Å². The number of amides is 3. The quantitative estimate of drug-likeness (QED) is 0.388. The molecule has 9 heteroatoms. The molecule has 150 valence electrons. The van der Waals surface area contributed by atoms with E-state index in [4.69, 9.17) is 11.5 Å². The maximum absolute atomic E-state index is 12.9. The number of benzene rings is 1. The molecule has 0 unspecified atom stereocenters. The third-order valence-electron chi connectivity index (χ3n) is 4.12. The molecule has 2 atom stereocenters. The van der Waals surface area contributed by atoms with Crippen molar-refractivity contribution in [1.29, 1.82) is 0 Å². The summed E-state index contributed by atoms with van der Waals surface area (Å²) in [4.78, 5) is 43.8. The molecular weight excluding hydrogens is 360 g/mol. The summed E-state index contributed by atoms with van der Waals surface area (Å²) in [5, 5.41) is 5.27. The first-order chi connectivity index (χ1) is 13.2. The van der Waals surface area contributed by atoms with Crippen LogP contribution in [0, 0.1) is 0 Å². The molecule has 0 spiro atoms. The number of hydrogen-bond acceptors (Lipinski definition) is 5. The molecule has 28 heavy (non-hydrogen) atoms. The van der Waals surface area contributed by atoms with Crippen LogP contribution in [0.15, 0.2) is 42.9 Å². The second-order valence-electron chi connectivity index (χ2n) is 7.17. The van der Waals surface area contributed by atoms with E-state index in [1.165, 1.54) is 6.33 Å². The number of rotatable bonds is 9. The smallest absolute Gasteiger partial charge is 0.243 e. The predicted octanol–water partition coefficient (Wildman–Crippen LogP) is -0.613. The van der Waals surface area contributed by atoms with Gasteiger partial charge in [-0.25, -0.2) is 4.98 Å². The largest absolute Gasteiger partial charge is 0.368 e. The molecule has 0 aliphatic rings. The van der Waals surface area contributed by atoms with Crippen LogP contribution < -0.4 is 22.1 Å². The van der Waals surface area contributed by atoms with Crippen LogP contribution in [-0.4, -0.2) is 45.3 Å². The van der Waals surface area contributed by atoms with Gasteiger partial charge in [-0.05, 0) is 19.4 Å². The average molecular weight is 386 g/mol. The summed E-state index contributed by atoms with van der Waals surface area (Å²) >= 11 is 0. The van der Waals surface area contributed by atoms with Gasteiger partial charge in [-0.3, -0.25) is 14.4 Å². The van der Waals surface area contributed by atoms with Crippen LogP contribution >= 0.6 is 0 Å². The number of H-pyrrole nitrogens is 1. The molecule has 2 rings (SSSR count). The number of carbonyl (C=O) groups excluding carboxylic acids is 3. The highest BCUT2D eigenvalue weighted by Gasteiger charge is 2.30. The zero-order chi connectivity index (χ0) is 20.7. The predicted molar refractivity (Wildman–Crippen MR) is 104 cm³/mol. The van der Waals surface area contributed by atoms with Crippen molar-refractivity contribution >= 4 is 17.7 Å². The number of nitrogens with two attached hydrogens (primary N) is 2. The highest BCUT2D eigenvalue weighted by atomic mass is 16.2. The van der Waals surface area contributed by atoms with Crippen LogP contribution in [0.5, 0.6) is 0 Å². The van der Waals surface area contributed by atoms with Gasteiger partial charge in [0.05, 0.1) is 17.6 Å². The van der Waals surface area contributed by atoms with Crippen LogP contribution in [0.1, 0.15) is 25.1 Å². The second-order valence-corrected chi connectivity index (χ2v) is 7.17. The van der Waals surface area contributed by atoms with Gasteiger partial charge in [0.2, 0.25) is 17.7 Å². The first-order valence-electron chi connectivity index (χ1n) is 8.88. The van der Waals surface area contributed by atoms with Crippen LogP contribution in [0.25, 0.3) is 0 Å². The van der Waals surface area contributed by atoms with Crippen LogP contribution in [-0.2, 0) is 27.2 Å². The molecule has 0 aliphatic heterocycles. The van der Waals surface area contributed by atoms with Gasteiger partial charge in [-0.2, -0.15) is 0 Å². The van der Waals surface area contributed by atoms with Gasteiger partial charge in [0.15, 0.2) is 0 Å². The van der Waals surface area contributed by atoms with Gasteiger partial charge in [0.1, 0.15) is 12.1 Å². The number of nitrogens with one attached hydrogen (secondary N) is 3. The van der Waals surface area contributed by atoms with Crippen LogP contribution in [0.3, 0.4) is 0 Å². The van der Waals surface area contributed by atoms with Crippen molar-refractivity contribution in [3.05, 3.63) is 54.1 Å². The van der Waals surface area contributed by atoms with Crippen LogP contribution in [0.2, 0.25) is 0 Å². The van der Waals surface area contributed by atoms with Crippen molar-refractivity contribution in [3.63, 3.8) is 0 Å². The normalized spacial score (nSPS) is 13.4. The zero-order valence-corrected chi connectivity index (χ0v) is 15.9. The van der Waals surface area contributed by atoms with Crippen molar-refractivity contribution in [3.8, 4) is 0 Å². The molecule has 2 aromatic rings. The molecule has 0 radical (unpaired) electrons. The molecular formula is C19H26N6O3. The maximum atomic E-state index is 12.9. The summed E-state index contributed by atoms with van der Waals surface area (Å²) in [5.74, 6) is -1.70. The number of aromatic nitrogens is 2. The van der Waals surface area contributed by atoms with Crippen molar-refractivity contribution in [1.82, 2.24) is 20.6 Å². The fourth-order valence-electron chi connectivity index (χ4n) is 2.51. The van der Waals surface area contributed by atoms with E-state index in [2.05, 4.69) is 20.6 Å². The second kappa shape index (κ2) is 9.14. The van der Waals surface area contributed by atoms with Crippen molar-refractivity contribution in [2.24, 2.45) is 11.5 Å². The molecule has 7 N–H and O–H groups in total. The maximum Gasteiger partial charge on any atom is 0.243 e. The summed E-state index contributed by atoms with van der Waals surface area (Å²) in [5.41, 5.74) is 11.5. The lowest BCUT2D eigenvalue weighted by Gasteiger charge is -2.25. The Morgan fingerprint density at radius 2 is 1.79 bits per heavy atom. The average Bonchev–Trinajstić information content (AvgIpc) is 3.13. The summed E-state index contributed by atoms with van der Waals surface area (Å²) in [6.45, 7) is 3.09. The van der Waals surface area contributed by atoms with Gasteiger partial charge < -0.3 is 27.1 Å². The summed E-state index contributed by atoms with van der Waals surface area (Å²) in [7, 11) is 0. The van der Waals surface area contributed by atoms with E-state index in [9.17, 15) is 14.4 Å². The Morgan fingerprint density at radius 1 is 1.11 bits per heavy atom. The molecule has 0 aliphatic carbocycles. The number of nitrogens with zero attached hydrogens (tertiary/aromatic N) is 1. The Hall–Kier alpha value is -3.20. The lowest BCUT2D eigenvalue weighted by atomic mass is 10.0. The van der Waals surface area contributed by atoms with E-state index in [0.29, 0.717) is 5.69 Å². The number of hydrogen-bond donors (Lipinski definition) is 5. The molecule has 0 fully saturated rings. The third-order valence-corrected chi connectivity index (χ3v) is 4.12. The third kappa shape index (κ3) is 6.20. The Balaban J connectivity index is 2.15. The van der Waals surface area contributed by atoms with E-state index in [1.807, 2.05) is 30.3 Å². The highest BCUT2D eigenvalue weighted by molar-refractivity contribution is 5.93. The lowest BCUT2D eigenvalue weighted by molar-refractivity contribution is -0.132. The fourth-order valence-corrected chi connectivity index (χ4v) is 2.51.